The largest absolute Gasteiger partial charge is 0.494 e. The van der Waals surface area contributed by atoms with Gasteiger partial charge in [-0.05, 0) is 40.3 Å². The van der Waals surface area contributed by atoms with Crippen molar-refractivity contribution in [3.8, 4) is 5.75 Å². The van der Waals surface area contributed by atoms with Gasteiger partial charge in [-0.1, -0.05) is 18.2 Å². The van der Waals surface area contributed by atoms with Gasteiger partial charge in [0.1, 0.15) is 5.75 Å². The molecule has 0 saturated heterocycles. The first kappa shape index (κ1) is 18.0. The highest BCUT2D eigenvalue weighted by atomic mass is 16.5. The Morgan fingerprint density at radius 1 is 1.24 bits per heavy atom. The molecule has 0 bridgehead atoms. The van der Waals surface area contributed by atoms with Gasteiger partial charge in [0.2, 0.25) is 0 Å². The van der Waals surface area contributed by atoms with E-state index in [4.69, 9.17) is 14.2 Å². The van der Waals surface area contributed by atoms with Crippen molar-refractivity contribution in [3.05, 3.63) is 29.8 Å². The highest BCUT2D eigenvalue weighted by molar-refractivity contribution is 5.36. The number of nitrogens with one attached hydrogen (secondary N) is 1. The number of ether oxygens (including phenoxy) is 3. The molecular weight excluding hydrogens is 266 g/mol. The molecule has 0 saturated carbocycles. The zero-order chi connectivity index (χ0) is 15.7. The highest BCUT2D eigenvalue weighted by Gasteiger charge is 2.18. The average Bonchev–Trinajstić information content (AvgIpc) is 2.49. The molecule has 0 amide bonds. The van der Waals surface area contributed by atoms with Gasteiger partial charge in [0.15, 0.2) is 0 Å². The third-order valence-corrected chi connectivity index (χ3v) is 3.63. The van der Waals surface area contributed by atoms with Crippen LogP contribution >= 0.6 is 0 Å². The lowest BCUT2D eigenvalue weighted by Gasteiger charge is -2.24. The monoisotopic (exact) mass is 295 g/mol. The van der Waals surface area contributed by atoms with Gasteiger partial charge in [-0.15, -0.1) is 0 Å². The van der Waals surface area contributed by atoms with Crippen molar-refractivity contribution < 1.29 is 14.2 Å². The van der Waals surface area contributed by atoms with Crippen LogP contribution in [0.25, 0.3) is 0 Å². The molecule has 120 valence electrons. The molecule has 1 rings (SSSR count). The number of benzene rings is 1. The predicted molar refractivity (Wildman–Crippen MR) is 85.9 cm³/mol. The zero-order valence-electron chi connectivity index (χ0n) is 13.9. The Balaban J connectivity index is 2.55. The first-order valence-corrected chi connectivity index (χ1v) is 7.56. The number of hydrogen-bond acceptors (Lipinski definition) is 4. The molecule has 4 nitrogen and oxygen atoms in total. The van der Waals surface area contributed by atoms with Crippen LogP contribution in [0, 0.1) is 0 Å². The van der Waals surface area contributed by atoms with Crippen molar-refractivity contribution in [2.75, 3.05) is 34.0 Å². The second-order valence-electron chi connectivity index (χ2n) is 5.60. The van der Waals surface area contributed by atoms with Crippen LogP contribution in [0.1, 0.15) is 38.8 Å². The van der Waals surface area contributed by atoms with Crippen molar-refractivity contribution in [1.29, 1.82) is 0 Å². The Bertz CT molecular complexity index is 407. The number of likely N-dealkylation sites (N-methyl/N-ethyl adjacent to an activating group) is 1. The SMILES string of the molecule is CCOc1ccccc1C(COCCC(C)(C)OC)NC. The molecule has 1 N–H and O–H groups in total. The van der Waals surface area contributed by atoms with Gasteiger partial charge < -0.3 is 19.5 Å². The summed E-state index contributed by atoms with van der Waals surface area (Å²) in [6.07, 6.45) is 0.868. The summed E-state index contributed by atoms with van der Waals surface area (Å²) in [4.78, 5) is 0. The summed E-state index contributed by atoms with van der Waals surface area (Å²) in [5.74, 6) is 0.917. The van der Waals surface area contributed by atoms with Crippen LogP contribution in [0.15, 0.2) is 24.3 Å². The molecule has 0 aromatic heterocycles. The van der Waals surface area contributed by atoms with E-state index in [0.29, 0.717) is 19.8 Å². The summed E-state index contributed by atoms with van der Waals surface area (Å²) < 4.78 is 16.9. The Morgan fingerprint density at radius 2 is 1.95 bits per heavy atom. The van der Waals surface area contributed by atoms with Gasteiger partial charge in [0, 0.05) is 19.3 Å². The molecule has 1 unspecified atom stereocenters. The highest BCUT2D eigenvalue weighted by Crippen LogP contribution is 2.25. The fraction of sp³-hybridized carbons (Fsp3) is 0.647. The van der Waals surface area contributed by atoms with E-state index >= 15 is 0 Å². The molecule has 0 radical (unpaired) electrons. The van der Waals surface area contributed by atoms with E-state index in [-0.39, 0.29) is 11.6 Å². The van der Waals surface area contributed by atoms with Crippen LogP contribution in [0.5, 0.6) is 5.75 Å². The number of methoxy groups -OCH3 is 1. The summed E-state index contributed by atoms with van der Waals surface area (Å²) in [7, 11) is 3.67. The summed E-state index contributed by atoms with van der Waals surface area (Å²) in [5.41, 5.74) is 0.992. The molecule has 21 heavy (non-hydrogen) atoms. The quantitative estimate of drug-likeness (QED) is 0.673. The minimum atomic E-state index is -0.141. The normalized spacial score (nSPS) is 13.2. The van der Waals surface area contributed by atoms with Gasteiger partial charge in [0.25, 0.3) is 0 Å². The van der Waals surface area contributed by atoms with E-state index in [0.717, 1.165) is 17.7 Å². The molecule has 0 aliphatic rings. The Morgan fingerprint density at radius 3 is 2.57 bits per heavy atom. The van der Waals surface area contributed by atoms with E-state index in [1.165, 1.54) is 0 Å². The maximum atomic E-state index is 5.81. The van der Waals surface area contributed by atoms with Crippen molar-refractivity contribution in [3.63, 3.8) is 0 Å². The van der Waals surface area contributed by atoms with Crippen molar-refractivity contribution in [2.24, 2.45) is 0 Å². The topological polar surface area (TPSA) is 39.7 Å². The van der Waals surface area contributed by atoms with Crippen LogP contribution in [0.4, 0.5) is 0 Å². The van der Waals surface area contributed by atoms with E-state index in [1.807, 2.05) is 32.2 Å². The van der Waals surface area contributed by atoms with E-state index in [1.54, 1.807) is 7.11 Å². The zero-order valence-corrected chi connectivity index (χ0v) is 13.9. The number of rotatable bonds is 10. The van der Waals surface area contributed by atoms with Gasteiger partial charge in [-0.25, -0.2) is 0 Å². The second-order valence-corrected chi connectivity index (χ2v) is 5.60. The molecule has 0 aliphatic heterocycles. The molecule has 0 heterocycles. The summed E-state index contributed by atoms with van der Waals surface area (Å²) in [6, 6.07) is 8.21. The average molecular weight is 295 g/mol. The molecule has 1 aromatic rings. The third kappa shape index (κ3) is 6.04. The summed E-state index contributed by atoms with van der Waals surface area (Å²) in [6.45, 7) is 8.08. The van der Waals surface area contributed by atoms with Crippen LogP contribution in [-0.2, 0) is 9.47 Å². The fourth-order valence-electron chi connectivity index (χ4n) is 2.01. The first-order chi connectivity index (χ1) is 10.0. The van der Waals surface area contributed by atoms with E-state index in [2.05, 4.69) is 25.2 Å². The van der Waals surface area contributed by atoms with Crippen LogP contribution in [0.2, 0.25) is 0 Å². The van der Waals surface area contributed by atoms with Crippen LogP contribution < -0.4 is 10.1 Å². The standard InChI is InChI=1S/C17H29NO3/c1-6-21-16-10-8-7-9-14(16)15(18-4)13-20-12-11-17(2,3)19-5/h7-10,15,18H,6,11-13H2,1-5H3. The van der Waals surface area contributed by atoms with Crippen molar-refractivity contribution in [2.45, 2.75) is 38.8 Å². The molecule has 0 spiro atoms. The van der Waals surface area contributed by atoms with E-state index < -0.39 is 0 Å². The molecule has 0 aliphatic carbocycles. The van der Waals surface area contributed by atoms with Crippen molar-refractivity contribution in [1.82, 2.24) is 5.32 Å². The van der Waals surface area contributed by atoms with Gasteiger partial charge in [-0.3, -0.25) is 0 Å². The Hall–Kier alpha value is -1.10. The lowest BCUT2D eigenvalue weighted by Crippen LogP contribution is -2.27. The van der Waals surface area contributed by atoms with Gasteiger partial charge in [-0.2, -0.15) is 0 Å². The first-order valence-electron chi connectivity index (χ1n) is 7.56. The summed E-state index contributed by atoms with van der Waals surface area (Å²) >= 11 is 0. The Labute approximate surface area is 128 Å². The predicted octanol–water partition coefficient (Wildman–Crippen LogP) is 3.18. The number of hydrogen-bond donors (Lipinski definition) is 1. The van der Waals surface area contributed by atoms with E-state index in [9.17, 15) is 0 Å². The maximum Gasteiger partial charge on any atom is 0.124 e. The van der Waals surface area contributed by atoms with Gasteiger partial charge >= 0.3 is 0 Å². The lowest BCUT2D eigenvalue weighted by atomic mass is 10.1. The second kappa shape index (κ2) is 9.03. The van der Waals surface area contributed by atoms with Gasteiger partial charge in [0.05, 0.1) is 24.9 Å². The molecule has 1 atom stereocenters. The third-order valence-electron chi connectivity index (χ3n) is 3.63. The molecular formula is C17H29NO3. The molecule has 1 aromatic carbocycles. The minimum Gasteiger partial charge on any atom is -0.494 e. The van der Waals surface area contributed by atoms with Crippen molar-refractivity contribution >= 4 is 0 Å². The lowest BCUT2D eigenvalue weighted by molar-refractivity contribution is -0.0123. The maximum absolute atomic E-state index is 5.81. The smallest absolute Gasteiger partial charge is 0.124 e. The Kier molecular flexibility index (Phi) is 7.72. The fourth-order valence-corrected chi connectivity index (χ4v) is 2.01. The number of para-hydroxylation sites is 1. The summed E-state index contributed by atoms with van der Waals surface area (Å²) in [5, 5.41) is 3.29. The van der Waals surface area contributed by atoms with Crippen LogP contribution in [0.3, 0.4) is 0 Å². The minimum absolute atomic E-state index is 0.124. The van der Waals surface area contributed by atoms with Crippen LogP contribution in [-0.4, -0.2) is 39.6 Å². The molecule has 4 heteroatoms. The molecule has 0 fully saturated rings.